The molecule has 36 heavy (non-hydrogen) atoms. The zero-order valence-corrected chi connectivity index (χ0v) is 22.7. The van der Waals surface area contributed by atoms with Crippen LogP contribution in [-0.2, 0) is 4.28 Å². The van der Waals surface area contributed by atoms with Crippen LogP contribution in [0.15, 0.2) is 53.1 Å². The summed E-state index contributed by atoms with van der Waals surface area (Å²) in [5, 5.41) is 14.8. The van der Waals surface area contributed by atoms with Crippen LogP contribution in [0, 0.1) is 5.82 Å². The molecule has 0 aliphatic rings. The summed E-state index contributed by atoms with van der Waals surface area (Å²) in [5.74, 6) is -0.997. The number of nitrogens with one attached hydrogen (secondary N) is 3. The van der Waals surface area contributed by atoms with Crippen LogP contribution < -0.4 is 26.2 Å². The molecule has 3 rings (SSSR count). The summed E-state index contributed by atoms with van der Waals surface area (Å²) < 4.78 is 21.8. The van der Waals surface area contributed by atoms with Crippen molar-refractivity contribution >= 4 is 76.4 Å². The molecule has 3 aromatic rings. The van der Waals surface area contributed by atoms with E-state index in [0.29, 0.717) is 22.8 Å². The predicted octanol–water partition coefficient (Wildman–Crippen LogP) is 4.37. The van der Waals surface area contributed by atoms with Gasteiger partial charge in [0.05, 0.1) is 15.7 Å². The van der Waals surface area contributed by atoms with E-state index >= 15 is 0 Å². The number of anilines is 5. The summed E-state index contributed by atoms with van der Waals surface area (Å²) >= 11 is 4.50. The van der Waals surface area contributed by atoms with Gasteiger partial charge in [-0.2, -0.15) is 24.0 Å². The Morgan fingerprint density at radius 1 is 1.22 bits per heavy atom. The second-order valence-corrected chi connectivity index (χ2v) is 8.91. The summed E-state index contributed by atoms with van der Waals surface area (Å²) in [4.78, 5) is 20.3. The number of carbonyl (C=O) groups is 1. The summed E-state index contributed by atoms with van der Waals surface area (Å²) in [7, 11) is 1.87. The first-order valence-electron chi connectivity index (χ1n) is 10.5. The minimum Gasteiger partial charge on any atom is -0.396 e. The zero-order valence-electron chi connectivity index (χ0n) is 19.3. The van der Waals surface area contributed by atoms with E-state index < -0.39 is 11.7 Å². The van der Waals surface area contributed by atoms with Gasteiger partial charge in [-0.1, -0.05) is 6.07 Å². The molecule has 0 saturated carbocycles. The smallest absolute Gasteiger partial charge is 0.253 e. The Bertz CT molecular complexity index is 1150. The van der Waals surface area contributed by atoms with E-state index in [2.05, 4.69) is 42.0 Å². The Morgan fingerprint density at radius 3 is 2.67 bits per heavy atom. The molecular weight excluding hydrogens is 573 g/mol. The van der Waals surface area contributed by atoms with Crippen LogP contribution in [0.1, 0.15) is 23.2 Å². The number of amides is 1. The number of halogens is 2. The van der Waals surface area contributed by atoms with Gasteiger partial charge in [-0.05, 0) is 65.2 Å². The molecule has 0 saturated heterocycles. The van der Waals surface area contributed by atoms with Gasteiger partial charge in [-0.15, -0.1) is 0 Å². The number of hydrogen-bond donors (Lipinski definition) is 5. The van der Waals surface area contributed by atoms with E-state index in [0.717, 1.165) is 42.5 Å². The van der Waals surface area contributed by atoms with Gasteiger partial charge in [0.25, 0.3) is 5.91 Å². The van der Waals surface area contributed by atoms with Gasteiger partial charge >= 0.3 is 0 Å². The second-order valence-electron chi connectivity index (χ2n) is 7.19. The lowest BCUT2D eigenvalue weighted by molar-refractivity contribution is 0.0997. The molecular formula is C22H27BrFN7O3S2. The third kappa shape index (κ3) is 8.50. The number of aliphatic hydroxyl groups is 1. The lowest BCUT2D eigenvalue weighted by Crippen LogP contribution is -2.17. The topological polar surface area (TPSA) is 138 Å². The number of rotatable bonds is 13. The maximum Gasteiger partial charge on any atom is 0.253 e. The van der Waals surface area contributed by atoms with Gasteiger partial charge in [0.15, 0.2) is 0 Å². The molecule has 0 fully saturated rings. The molecule has 14 heteroatoms. The minimum atomic E-state index is -0.889. The number of aliphatic hydroxyl groups excluding tert-OH is 1. The van der Waals surface area contributed by atoms with Crippen molar-refractivity contribution in [1.82, 2.24) is 15.4 Å². The minimum absolute atomic E-state index is 0. The Hall–Kier alpha value is -2.62. The molecule has 6 N–H and O–H groups in total. The Labute approximate surface area is 228 Å². The van der Waals surface area contributed by atoms with Gasteiger partial charge < -0.3 is 21.5 Å². The van der Waals surface area contributed by atoms with Crippen LogP contribution in [0.3, 0.4) is 0 Å². The van der Waals surface area contributed by atoms with Crippen molar-refractivity contribution in [3.05, 3.63) is 64.5 Å². The van der Waals surface area contributed by atoms with Gasteiger partial charge in [0.2, 0.25) is 5.95 Å². The summed E-state index contributed by atoms with van der Waals surface area (Å²) in [6.45, 7) is 0.818. The van der Waals surface area contributed by atoms with Crippen molar-refractivity contribution in [1.29, 1.82) is 0 Å². The second kappa shape index (κ2) is 14.8. The quantitative estimate of drug-likeness (QED) is 0.0833. The first kappa shape index (κ1) is 29.6. The van der Waals surface area contributed by atoms with E-state index in [1.54, 1.807) is 0 Å². The molecule has 0 radical (unpaired) electrons. The Kier molecular flexibility index (Phi) is 12.2. The fourth-order valence-electron chi connectivity index (χ4n) is 2.88. The van der Waals surface area contributed by atoms with Crippen LogP contribution in [0.2, 0.25) is 0 Å². The number of benzene rings is 2. The van der Waals surface area contributed by atoms with E-state index in [1.165, 1.54) is 18.3 Å². The van der Waals surface area contributed by atoms with Crippen LogP contribution in [0.25, 0.3) is 0 Å². The van der Waals surface area contributed by atoms with Crippen LogP contribution in [0.5, 0.6) is 0 Å². The Morgan fingerprint density at radius 2 is 1.97 bits per heavy atom. The number of primary amides is 1. The zero-order chi connectivity index (χ0) is 25.2. The average Bonchev–Trinajstić information content (AvgIpc) is 2.83. The maximum atomic E-state index is 14.1. The molecule has 2 aromatic carbocycles. The van der Waals surface area contributed by atoms with Crippen LogP contribution >= 0.6 is 41.7 Å². The highest BCUT2D eigenvalue weighted by Gasteiger charge is 2.16. The normalized spacial score (nSPS) is 10.4. The van der Waals surface area contributed by atoms with Crippen molar-refractivity contribution < 1.29 is 18.6 Å². The first-order chi connectivity index (χ1) is 16.9. The van der Waals surface area contributed by atoms with Crippen LogP contribution in [0.4, 0.5) is 33.2 Å². The highest BCUT2D eigenvalue weighted by molar-refractivity contribution is 9.10. The monoisotopic (exact) mass is 599 g/mol. The fourth-order valence-corrected chi connectivity index (χ4v) is 3.63. The Balaban J connectivity index is 0.00000456. The van der Waals surface area contributed by atoms with Gasteiger partial charge in [-0.25, -0.2) is 13.7 Å². The van der Waals surface area contributed by atoms with E-state index in [1.807, 2.05) is 35.6 Å². The van der Waals surface area contributed by atoms with Crippen LogP contribution in [-0.4, -0.2) is 41.2 Å². The van der Waals surface area contributed by atoms with Gasteiger partial charge in [0.1, 0.15) is 23.9 Å². The van der Waals surface area contributed by atoms with Crippen molar-refractivity contribution in [3.8, 4) is 0 Å². The van der Waals surface area contributed by atoms with Crippen molar-refractivity contribution in [2.75, 3.05) is 35.1 Å². The number of hydroxylamine groups is 1. The third-order valence-corrected chi connectivity index (χ3v) is 5.85. The lowest BCUT2D eigenvalue weighted by Gasteiger charge is -2.17. The molecule has 10 nitrogen and oxygen atoms in total. The predicted molar refractivity (Wildman–Crippen MR) is 149 cm³/mol. The summed E-state index contributed by atoms with van der Waals surface area (Å²) in [5.41, 5.74) is 9.74. The number of hydrogen-bond acceptors (Lipinski definition) is 10. The first-order valence-corrected chi connectivity index (χ1v) is 12.0. The number of carbonyl (C=O) groups excluding carboxylic acids is 1. The average molecular weight is 601 g/mol. The standard InChI is InChI=1S/C22H25BrFN7O3S.H2S/c1-31(35-34-27-11-2-3-12-32)15-9-7-14(8-10-15)28-22-26-13-16(23)21(30-22)29-18-6-4-5-17(24)19(18)20(25)33;/h4-10,13,27,32H,2-3,11-12H2,1H3,(H2,25,33)(H2,26,28,29,30);1H2. The van der Waals surface area contributed by atoms with Gasteiger partial charge in [-0.3, -0.25) is 9.10 Å². The van der Waals surface area contributed by atoms with E-state index in [9.17, 15) is 9.18 Å². The largest absolute Gasteiger partial charge is 0.396 e. The summed E-state index contributed by atoms with van der Waals surface area (Å²) in [6, 6.07) is 11.7. The number of aromatic nitrogens is 2. The molecule has 0 bridgehead atoms. The molecule has 0 unspecified atom stereocenters. The molecule has 1 heterocycles. The molecule has 1 aromatic heterocycles. The molecule has 194 valence electrons. The molecule has 1 amide bonds. The lowest BCUT2D eigenvalue weighted by atomic mass is 10.1. The molecule has 0 aliphatic heterocycles. The SMILES string of the molecule is CN(SONCCCCO)c1ccc(Nc2ncc(Br)c(Nc3cccc(F)c3C(N)=O)n2)cc1.S. The molecule has 0 atom stereocenters. The van der Waals surface area contributed by atoms with E-state index in [4.69, 9.17) is 15.1 Å². The number of unbranched alkanes of at least 4 members (excludes halogenated alkanes) is 1. The number of nitrogens with zero attached hydrogens (tertiary/aromatic N) is 3. The third-order valence-electron chi connectivity index (χ3n) is 4.64. The molecule has 0 aliphatic carbocycles. The van der Waals surface area contributed by atoms with Crippen molar-refractivity contribution in [2.24, 2.45) is 5.73 Å². The number of nitrogens with two attached hydrogens (primary N) is 1. The van der Waals surface area contributed by atoms with Crippen molar-refractivity contribution in [3.63, 3.8) is 0 Å². The highest BCUT2D eigenvalue weighted by atomic mass is 79.9. The summed E-state index contributed by atoms with van der Waals surface area (Å²) in [6.07, 6.45) is 3.08. The van der Waals surface area contributed by atoms with Crippen molar-refractivity contribution in [2.45, 2.75) is 12.8 Å². The van der Waals surface area contributed by atoms with Gasteiger partial charge in [0, 0.05) is 37.8 Å². The highest BCUT2D eigenvalue weighted by Crippen LogP contribution is 2.29. The maximum absolute atomic E-state index is 14.1. The van der Waals surface area contributed by atoms with E-state index in [-0.39, 0.29) is 31.4 Å². The molecule has 0 spiro atoms. The fraction of sp³-hybridized carbons (Fsp3) is 0.227.